The van der Waals surface area contributed by atoms with Crippen LogP contribution >= 0.6 is 0 Å². The molecule has 108 valence electrons. The standard InChI is InChI=1S/C15H22N4O/c1-4-9-19-14(17-11-18-19)10-15(2,16)12-5-7-13(20-3)8-6-12/h5-8,11H,4,9-10,16H2,1-3H3. The molecule has 0 saturated carbocycles. The third-order valence-corrected chi connectivity index (χ3v) is 3.41. The number of nitrogens with zero attached hydrogens (tertiary/aromatic N) is 3. The Bertz CT molecular complexity index is 545. The van der Waals surface area contributed by atoms with Gasteiger partial charge < -0.3 is 10.5 Å². The molecule has 5 nitrogen and oxygen atoms in total. The molecule has 20 heavy (non-hydrogen) atoms. The summed E-state index contributed by atoms with van der Waals surface area (Å²) in [6, 6.07) is 7.85. The summed E-state index contributed by atoms with van der Waals surface area (Å²) in [4.78, 5) is 4.33. The van der Waals surface area contributed by atoms with Crippen molar-refractivity contribution in [1.82, 2.24) is 14.8 Å². The zero-order valence-electron chi connectivity index (χ0n) is 12.3. The summed E-state index contributed by atoms with van der Waals surface area (Å²) in [7, 11) is 1.66. The van der Waals surface area contributed by atoms with E-state index >= 15 is 0 Å². The van der Waals surface area contributed by atoms with E-state index in [0.717, 1.165) is 30.1 Å². The smallest absolute Gasteiger partial charge is 0.138 e. The summed E-state index contributed by atoms with van der Waals surface area (Å²) in [6.07, 6.45) is 3.27. The fraction of sp³-hybridized carbons (Fsp3) is 0.467. The average molecular weight is 274 g/mol. The molecule has 5 heteroatoms. The number of hydrogen-bond acceptors (Lipinski definition) is 4. The van der Waals surface area contributed by atoms with E-state index in [1.165, 1.54) is 0 Å². The molecule has 0 aliphatic rings. The fourth-order valence-corrected chi connectivity index (χ4v) is 2.23. The van der Waals surface area contributed by atoms with Gasteiger partial charge in [-0.2, -0.15) is 5.10 Å². The minimum absolute atomic E-state index is 0.481. The Kier molecular flexibility index (Phi) is 4.39. The number of benzene rings is 1. The Morgan fingerprint density at radius 3 is 2.60 bits per heavy atom. The minimum Gasteiger partial charge on any atom is -0.497 e. The van der Waals surface area contributed by atoms with Crippen LogP contribution in [0.1, 0.15) is 31.7 Å². The lowest BCUT2D eigenvalue weighted by molar-refractivity contribution is 0.412. The highest BCUT2D eigenvalue weighted by atomic mass is 16.5. The van der Waals surface area contributed by atoms with Crippen molar-refractivity contribution < 1.29 is 4.74 Å². The summed E-state index contributed by atoms with van der Waals surface area (Å²) in [5.41, 5.74) is 7.04. The van der Waals surface area contributed by atoms with Crippen LogP contribution < -0.4 is 10.5 Å². The van der Waals surface area contributed by atoms with Crippen LogP contribution in [0.15, 0.2) is 30.6 Å². The van der Waals surface area contributed by atoms with Gasteiger partial charge in [-0.25, -0.2) is 4.98 Å². The van der Waals surface area contributed by atoms with Crippen LogP contribution in [-0.4, -0.2) is 21.9 Å². The largest absolute Gasteiger partial charge is 0.497 e. The van der Waals surface area contributed by atoms with Gasteiger partial charge >= 0.3 is 0 Å². The van der Waals surface area contributed by atoms with Crippen LogP contribution in [0.2, 0.25) is 0 Å². The minimum atomic E-state index is -0.481. The van der Waals surface area contributed by atoms with E-state index in [1.807, 2.05) is 35.9 Å². The van der Waals surface area contributed by atoms with Gasteiger partial charge in [-0.15, -0.1) is 0 Å². The molecule has 0 saturated heterocycles. The highest BCUT2D eigenvalue weighted by Gasteiger charge is 2.24. The normalized spacial score (nSPS) is 14.0. The summed E-state index contributed by atoms with van der Waals surface area (Å²) >= 11 is 0. The monoisotopic (exact) mass is 274 g/mol. The Morgan fingerprint density at radius 2 is 2.00 bits per heavy atom. The maximum absolute atomic E-state index is 6.46. The highest BCUT2D eigenvalue weighted by Crippen LogP contribution is 2.24. The lowest BCUT2D eigenvalue weighted by Crippen LogP contribution is -2.36. The second-order valence-electron chi connectivity index (χ2n) is 5.22. The van der Waals surface area contributed by atoms with E-state index in [2.05, 4.69) is 17.0 Å². The molecule has 1 heterocycles. The molecule has 0 aliphatic heterocycles. The van der Waals surface area contributed by atoms with Crippen molar-refractivity contribution in [2.24, 2.45) is 5.73 Å². The van der Waals surface area contributed by atoms with Crippen molar-refractivity contribution in [3.63, 3.8) is 0 Å². The van der Waals surface area contributed by atoms with Crippen LogP contribution in [0.5, 0.6) is 5.75 Å². The third kappa shape index (κ3) is 3.17. The zero-order valence-corrected chi connectivity index (χ0v) is 12.3. The van der Waals surface area contributed by atoms with Gasteiger partial charge in [-0.3, -0.25) is 4.68 Å². The molecule has 2 rings (SSSR count). The molecule has 2 aromatic rings. The van der Waals surface area contributed by atoms with Gasteiger partial charge in [0.05, 0.1) is 7.11 Å². The maximum Gasteiger partial charge on any atom is 0.138 e. The SMILES string of the molecule is CCCn1ncnc1CC(C)(N)c1ccc(OC)cc1. The fourth-order valence-electron chi connectivity index (χ4n) is 2.23. The molecule has 0 aliphatic carbocycles. The van der Waals surface area contributed by atoms with Gasteiger partial charge in [0.1, 0.15) is 17.9 Å². The molecule has 1 unspecified atom stereocenters. The molecule has 1 atom stereocenters. The Morgan fingerprint density at radius 1 is 1.30 bits per heavy atom. The molecular formula is C15H22N4O. The zero-order chi connectivity index (χ0) is 14.6. The van der Waals surface area contributed by atoms with Crippen molar-refractivity contribution in [3.05, 3.63) is 42.0 Å². The lowest BCUT2D eigenvalue weighted by Gasteiger charge is -2.25. The van der Waals surface area contributed by atoms with E-state index in [4.69, 9.17) is 10.5 Å². The van der Waals surface area contributed by atoms with Gasteiger partial charge in [0, 0.05) is 18.5 Å². The van der Waals surface area contributed by atoms with Crippen molar-refractivity contribution in [1.29, 1.82) is 0 Å². The molecule has 2 N–H and O–H groups in total. The predicted molar refractivity (Wildman–Crippen MR) is 78.6 cm³/mol. The number of nitrogens with two attached hydrogens (primary N) is 1. The van der Waals surface area contributed by atoms with Crippen LogP contribution in [-0.2, 0) is 18.5 Å². The Hall–Kier alpha value is -1.88. The second kappa shape index (κ2) is 6.05. The Labute approximate surface area is 119 Å². The number of aromatic nitrogens is 3. The van der Waals surface area contributed by atoms with Crippen molar-refractivity contribution in [3.8, 4) is 5.75 Å². The quantitative estimate of drug-likeness (QED) is 0.876. The second-order valence-corrected chi connectivity index (χ2v) is 5.22. The number of hydrogen-bond donors (Lipinski definition) is 1. The van der Waals surface area contributed by atoms with Crippen LogP contribution in [0.4, 0.5) is 0 Å². The van der Waals surface area contributed by atoms with E-state index in [1.54, 1.807) is 13.4 Å². The van der Waals surface area contributed by atoms with Crippen LogP contribution in [0.3, 0.4) is 0 Å². The van der Waals surface area contributed by atoms with Crippen LogP contribution in [0, 0.1) is 0 Å². The van der Waals surface area contributed by atoms with E-state index < -0.39 is 5.54 Å². The first-order chi connectivity index (χ1) is 9.56. The van der Waals surface area contributed by atoms with Crippen molar-refractivity contribution in [2.45, 2.75) is 38.8 Å². The number of aryl methyl sites for hydroxylation is 1. The van der Waals surface area contributed by atoms with E-state index in [0.29, 0.717) is 6.42 Å². The van der Waals surface area contributed by atoms with Gasteiger partial charge in [0.25, 0.3) is 0 Å². The number of ether oxygens (including phenoxy) is 1. The molecule has 0 bridgehead atoms. The lowest BCUT2D eigenvalue weighted by atomic mass is 9.89. The molecule has 1 aromatic carbocycles. The summed E-state index contributed by atoms with van der Waals surface area (Å²) < 4.78 is 7.10. The van der Waals surface area contributed by atoms with Crippen LogP contribution in [0.25, 0.3) is 0 Å². The number of rotatable bonds is 6. The van der Waals surface area contributed by atoms with Crippen molar-refractivity contribution >= 4 is 0 Å². The first kappa shape index (κ1) is 14.5. The molecule has 0 radical (unpaired) electrons. The maximum atomic E-state index is 6.46. The number of methoxy groups -OCH3 is 1. The predicted octanol–water partition coefficient (Wildman–Crippen LogP) is 2.11. The Balaban J connectivity index is 2.18. The molecule has 0 amide bonds. The molecule has 1 aromatic heterocycles. The molecule has 0 fully saturated rings. The highest BCUT2D eigenvalue weighted by molar-refractivity contribution is 5.31. The molecule has 0 spiro atoms. The van der Waals surface area contributed by atoms with Gasteiger partial charge in [0.15, 0.2) is 0 Å². The van der Waals surface area contributed by atoms with Gasteiger partial charge in [-0.05, 0) is 31.0 Å². The average Bonchev–Trinajstić information content (AvgIpc) is 2.86. The van der Waals surface area contributed by atoms with Gasteiger partial charge in [0.2, 0.25) is 0 Å². The third-order valence-electron chi connectivity index (χ3n) is 3.41. The summed E-state index contributed by atoms with van der Waals surface area (Å²) in [5.74, 6) is 1.76. The van der Waals surface area contributed by atoms with Crippen molar-refractivity contribution in [2.75, 3.05) is 7.11 Å². The first-order valence-electron chi connectivity index (χ1n) is 6.87. The molecular weight excluding hydrogens is 252 g/mol. The first-order valence-corrected chi connectivity index (χ1v) is 6.87. The van der Waals surface area contributed by atoms with E-state index in [-0.39, 0.29) is 0 Å². The summed E-state index contributed by atoms with van der Waals surface area (Å²) in [5, 5.41) is 4.24. The van der Waals surface area contributed by atoms with Gasteiger partial charge in [-0.1, -0.05) is 19.1 Å². The van der Waals surface area contributed by atoms with E-state index in [9.17, 15) is 0 Å². The topological polar surface area (TPSA) is 66.0 Å². The summed E-state index contributed by atoms with van der Waals surface area (Å²) in [6.45, 7) is 5.00.